The molecule has 6 heteroatoms. The summed E-state index contributed by atoms with van der Waals surface area (Å²) in [6.07, 6.45) is 77.6. The van der Waals surface area contributed by atoms with Crippen LogP contribution in [0.1, 0.15) is 290 Å². The molecule has 0 saturated heterocycles. The lowest BCUT2D eigenvalue weighted by Gasteiger charge is -2.18. The van der Waals surface area contributed by atoms with Gasteiger partial charge in [0.25, 0.3) is 0 Å². The summed E-state index contributed by atoms with van der Waals surface area (Å²) >= 11 is 0. The summed E-state index contributed by atoms with van der Waals surface area (Å²) in [4.78, 5) is 37.8. The smallest absolute Gasteiger partial charge is 0.306 e. The molecule has 0 amide bonds. The van der Waals surface area contributed by atoms with Gasteiger partial charge in [0, 0.05) is 19.3 Å². The molecule has 1 unspecified atom stereocenters. The summed E-state index contributed by atoms with van der Waals surface area (Å²) in [5.41, 5.74) is 0. The van der Waals surface area contributed by atoms with Crippen molar-refractivity contribution in [3.8, 4) is 0 Å². The van der Waals surface area contributed by atoms with Gasteiger partial charge in [0.15, 0.2) is 6.10 Å². The van der Waals surface area contributed by atoms with E-state index in [0.717, 1.165) is 103 Å². The van der Waals surface area contributed by atoms with E-state index in [0.29, 0.717) is 19.3 Å². The number of esters is 3. The van der Waals surface area contributed by atoms with E-state index in [9.17, 15) is 14.4 Å². The molecular formula is C65H112O6. The maximum atomic E-state index is 12.7. The van der Waals surface area contributed by atoms with Crippen molar-refractivity contribution in [2.24, 2.45) is 0 Å². The first-order chi connectivity index (χ1) is 35.0. The molecule has 0 bridgehead atoms. The lowest BCUT2D eigenvalue weighted by atomic mass is 10.0. The molecule has 0 radical (unpaired) electrons. The predicted molar refractivity (Wildman–Crippen MR) is 307 cm³/mol. The summed E-state index contributed by atoms with van der Waals surface area (Å²) in [7, 11) is 0. The van der Waals surface area contributed by atoms with Crippen molar-refractivity contribution in [2.75, 3.05) is 13.2 Å². The minimum absolute atomic E-state index is 0.0717. The summed E-state index contributed by atoms with van der Waals surface area (Å²) in [6.45, 7) is 6.49. The highest BCUT2D eigenvalue weighted by Crippen LogP contribution is 2.16. The highest BCUT2D eigenvalue weighted by molar-refractivity contribution is 5.71. The third kappa shape index (κ3) is 57.4. The number of hydrogen-bond acceptors (Lipinski definition) is 6. The fourth-order valence-electron chi connectivity index (χ4n) is 8.42. The Morgan fingerprint density at radius 2 is 0.549 bits per heavy atom. The molecule has 0 aliphatic heterocycles. The van der Waals surface area contributed by atoms with Crippen molar-refractivity contribution in [1.82, 2.24) is 0 Å². The van der Waals surface area contributed by atoms with E-state index >= 15 is 0 Å². The second kappa shape index (κ2) is 59.2. The maximum Gasteiger partial charge on any atom is 0.306 e. The summed E-state index contributed by atoms with van der Waals surface area (Å²) in [6, 6.07) is 0. The monoisotopic (exact) mass is 989 g/mol. The second-order valence-electron chi connectivity index (χ2n) is 19.9. The van der Waals surface area contributed by atoms with Gasteiger partial charge in [-0.2, -0.15) is 0 Å². The largest absolute Gasteiger partial charge is 0.462 e. The van der Waals surface area contributed by atoms with Gasteiger partial charge in [-0.05, 0) is 77.0 Å². The van der Waals surface area contributed by atoms with Crippen LogP contribution in [-0.2, 0) is 28.6 Å². The van der Waals surface area contributed by atoms with Crippen molar-refractivity contribution in [2.45, 2.75) is 297 Å². The van der Waals surface area contributed by atoms with Gasteiger partial charge in [0.2, 0.25) is 0 Å². The fourth-order valence-corrected chi connectivity index (χ4v) is 8.42. The second-order valence-corrected chi connectivity index (χ2v) is 19.9. The van der Waals surface area contributed by atoms with Crippen LogP contribution in [0.4, 0.5) is 0 Å². The molecule has 0 saturated carbocycles. The minimum atomic E-state index is -0.768. The third-order valence-electron chi connectivity index (χ3n) is 12.9. The standard InChI is InChI=1S/C65H112O6/c1-4-7-10-13-16-18-20-21-22-23-24-25-26-27-28-29-30-31-32-33-34-35-36-37-38-39-40-41-42-43-45-46-49-52-55-58-64(67)70-61-62(60-69-63(66)57-54-51-48-15-12-9-6-3)71-65(68)59-56-53-50-47-44-19-17-14-11-8-5-2/h7,10,16,18,21-22,24-25,27-28,30-31,33-34,62H,4-6,8-9,11-15,17,19-20,23,26,29,32,35-61H2,1-3H3/b10-7-,18-16-,22-21-,25-24-,28-27-,31-30-,34-33-. The number of unbranched alkanes of at least 4 members (excludes halogenated alkanes) is 29. The molecular weight excluding hydrogens is 877 g/mol. The molecule has 0 fully saturated rings. The number of carbonyl (C=O) groups excluding carboxylic acids is 3. The average Bonchev–Trinajstić information content (AvgIpc) is 3.37. The molecule has 0 spiro atoms. The van der Waals surface area contributed by atoms with Crippen molar-refractivity contribution in [1.29, 1.82) is 0 Å². The number of ether oxygens (including phenoxy) is 3. The first-order valence-electron chi connectivity index (χ1n) is 30.1. The zero-order valence-electron chi connectivity index (χ0n) is 46.7. The van der Waals surface area contributed by atoms with Crippen LogP contribution in [0.15, 0.2) is 85.1 Å². The molecule has 1 atom stereocenters. The highest BCUT2D eigenvalue weighted by Gasteiger charge is 2.19. The highest BCUT2D eigenvalue weighted by atomic mass is 16.6. The van der Waals surface area contributed by atoms with Crippen LogP contribution in [0.25, 0.3) is 0 Å². The van der Waals surface area contributed by atoms with Gasteiger partial charge in [-0.15, -0.1) is 0 Å². The predicted octanol–water partition coefficient (Wildman–Crippen LogP) is 20.3. The Hall–Kier alpha value is -3.41. The summed E-state index contributed by atoms with van der Waals surface area (Å²) < 4.78 is 16.8. The number of carbonyl (C=O) groups is 3. The van der Waals surface area contributed by atoms with Gasteiger partial charge >= 0.3 is 17.9 Å². The van der Waals surface area contributed by atoms with E-state index in [2.05, 4.69) is 106 Å². The van der Waals surface area contributed by atoms with Gasteiger partial charge in [-0.3, -0.25) is 14.4 Å². The van der Waals surface area contributed by atoms with Gasteiger partial charge in [-0.1, -0.05) is 279 Å². The lowest BCUT2D eigenvalue weighted by Crippen LogP contribution is -2.30. The van der Waals surface area contributed by atoms with E-state index in [1.807, 2.05) is 0 Å². The molecule has 0 heterocycles. The van der Waals surface area contributed by atoms with Gasteiger partial charge in [-0.25, -0.2) is 0 Å². The Bertz CT molecular complexity index is 1370. The Morgan fingerprint density at radius 1 is 0.296 bits per heavy atom. The van der Waals surface area contributed by atoms with Crippen LogP contribution in [-0.4, -0.2) is 37.2 Å². The van der Waals surface area contributed by atoms with Crippen LogP contribution in [0.2, 0.25) is 0 Å². The minimum Gasteiger partial charge on any atom is -0.462 e. The van der Waals surface area contributed by atoms with E-state index in [4.69, 9.17) is 14.2 Å². The van der Waals surface area contributed by atoms with Crippen molar-refractivity contribution >= 4 is 17.9 Å². The van der Waals surface area contributed by atoms with E-state index in [1.165, 1.54) is 148 Å². The molecule has 0 aromatic rings. The van der Waals surface area contributed by atoms with Crippen molar-refractivity contribution in [3.63, 3.8) is 0 Å². The SMILES string of the molecule is CC/C=C\C/C=C\C/C=C\C/C=C\C/C=C\C/C=C\C/C=C\CCCCCCCCCCCCCCCC(=O)OCC(COC(=O)CCCCCCCCC)OC(=O)CCCCCCCCCCCCC. The molecule has 408 valence electrons. The molecule has 0 rings (SSSR count). The Labute approximate surface area is 439 Å². The van der Waals surface area contributed by atoms with Crippen molar-refractivity contribution < 1.29 is 28.6 Å². The van der Waals surface area contributed by atoms with Gasteiger partial charge in [0.05, 0.1) is 0 Å². The quantitative estimate of drug-likeness (QED) is 0.0261. The van der Waals surface area contributed by atoms with E-state index < -0.39 is 6.10 Å². The average molecular weight is 990 g/mol. The first kappa shape index (κ1) is 67.6. The number of hydrogen-bond donors (Lipinski definition) is 0. The Morgan fingerprint density at radius 3 is 0.859 bits per heavy atom. The number of rotatable bonds is 54. The fraction of sp³-hybridized carbons (Fsp3) is 0.738. The maximum absolute atomic E-state index is 12.7. The zero-order valence-corrected chi connectivity index (χ0v) is 46.7. The molecule has 0 N–H and O–H groups in total. The topological polar surface area (TPSA) is 78.9 Å². The summed E-state index contributed by atoms with van der Waals surface area (Å²) in [5.74, 6) is -0.873. The molecule has 0 aromatic heterocycles. The molecule has 6 nitrogen and oxygen atoms in total. The third-order valence-corrected chi connectivity index (χ3v) is 12.9. The molecule has 0 aromatic carbocycles. The normalized spacial score (nSPS) is 12.7. The first-order valence-corrected chi connectivity index (χ1v) is 30.1. The molecule has 71 heavy (non-hydrogen) atoms. The van der Waals surface area contributed by atoms with Crippen LogP contribution >= 0.6 is 0 Å². The van der Waals surface area contributed by atoms with Crippen molar-refractivity contribution in [3.05, 3.63) is 85.1 Å². The molecule has 0 aliphatic carbocycles. The summed E-state index contributed by atoms with van der Waals surface area (Å²) in [5, 5.41) is 0. The van der Waals surface area contributed by atoms with Gasteiger partial charge in [0.1, 0.15) is 13.2 Å². The van der Waals surface area contributed by atoms with Crippen LogP contribution in [0.5, 0.6) is 0 Å². The Kier molecular flexibility index (Phi) is 56.3. The van der Waals surface area contributed by atoms with Gasteiger partial charge < -0.3 is 14.2 Å². The molecule has 0 aliphatic rings. The van der Waals surface area contributed by atoms with Crippen LogP contribution < -0.4 is 0 Å². The number of allylic oxidation sites excluding steroid dienone is 14. The Balaban J connectivity index is 3.98. The zero-order chi connectivity index (χ0) is 51.4. The van der Waals surface area contributed by atoms with E-state index in [-0.39, 0.29) is 31.1 Å². The van der Waals surface area contributed by atoms with Crippen LogP contribution in [0, 0.1) is 0 Å². The lowest BCUT2D eigenvalue weighted by molar-refractivity contribution is -0.167. The van der Waals surface area contributed by atoms with E-state index in [1.54, 1.807) is 0 Å². The van der Waals surface area contributed by atoms with Crippen LogP contribution in [0.3, 0.4) is 0 Å².